The Balaban J connectivity index is 1.95. The first-order valence-electron chi connectivity index (χ1n) is 8.40. The zero-order valence-corrected chi connectivity index (χ0v) is 14.3. The Kier molecular flexibility index (Phi) is 4.18. The van der Waals surface area contributed by atoms with Crippen LogP contribution >= 0.6 is 0 Å². The van der Waals surface area contributed by atoms with Crippen molar-refractivity contribution in [1.29, 1.82) is 0 Å². The maximum absolute atomic E-state index is 13.1. The first-order chi connectivity index (χ1) is 13.1. The van der Waals surface area contributed by atoms with Crippen molar-refractivity contribution >= 4 is 22.8 Å². The maximum Gasteiger partial charge on any atom is 0.215 e. The lowest BCUT2D eigenvalue weighted by Gasteiger charge is -2.09. The fourth-order valence-electron chi connectivity index (χ4n) is 2.95. The number of pyridine rings is 1. The highest BCUT2D eigenvalue weighted by Gasteiger charge is 2.13. The van der Waals surface area contributed by atoms with E-state index in [0.29, 0.717) is 16.6 Å². The van der Waals surface area contributed by atoms with E-state index in [1.165, 1.54) is 12.3 Å². The smallest absolute Gasteiger partial charge is 0.215 e. The van der Waals surface area contributed by atoms with Crippen LogP contribution in [0.1, 0.15) is 5.56 Å². The van der Waals surface area contributed by atoms with E-state index in [2.05, 4.69) is 9.98 Å². The molecule has 0 amide bonds. The molecule has 0 aliphatic carbocycles. The molecule has 1 heterocycles. The number of aliphatic imine (C=N–C) groups is 1. The third-order valence-electron chi connectivity index (χ3n) is 4.32. The Morgan fingerprint density at radius 1 is 0.852 bits per heavy atom. The highest BCUT2D eigenvalue weighted by molar-refractivity contribution is 5.92. The molecule has 0 atom stereocenters. The zero-order chi connectivity index (χ0) is 18.8. The molecule has 0 aliphatic heterocycles. The lowest BCUT2D eigenvalue weighted by molar-refractivity contribution is 0.403. The predicted octanol–water partition coefficient (Wildman–Crippen LogP) is 4.36. The monoisotopic (exact) mass is 356 g/mol. The van der Waals surface area contributed by atoms with Gasteiger partial charge in [0.2, 0.25) is 5.43 Å². The SMILES string of the molecule is O=c1c(N=Cc2cccc(O)c2O)c(-c2ccccc2)[nH]c2ccccc12. The molecule has 1 aromatic heterocycles. The van der Waals surface area contributed by atoms with Gasteiger partial charge in [0.25, 0.3) is 0 Å². The first kappa shape index (κ1) is 16.6. The molecule has 4 aromatic rings. The molecule has 27 heavy (non-hydrogen) atoms. The van der Waals surface area contributed by atoms with E-state index >= 15 is 0 Å². The topological polar surface area (TPSA) is 85.7 Å². The van der Waals surface area contributed by atoms with E-state index in [0.717, 1.165) is 11.1 Å². The van der Waals surface area contributed by atoms with Crippen LogP contribution in [-0.2, 0) is 0 Å². The van der Waals surface area contributed by atoms with Crippen molar-refractivity contribution in [2.75, 3.05) is 0 Å². The van der Waals surface area contributed by atoms with Crippen molar-refractivity contribution in [2.45, 2.75) is 0 Å². The van der Waals surface area contributed by atoms with Crippen molar-refractivity contribution < 1.29 is 10.2 Å². The first-order valence-corrected chi connectivity index (χ1v) is 8.40. The van der Waals surface area contributed by atoms with Crippen molar-refractivity contribution in [1.82, 2.24) is 4.98 Å². The van der Waals surface area contributed by atoms with Crippen LogP contribution in [0.3, 0.4) is 0 Å². The second-order valence-electron chi connectivity index (χ2n) is 6.06. The lowest BCUT2D eigenvalue weighted by Crippen LogP contribution is -2.05. The molecular weight excluding hydrogens is 340 g/mol. The van der Waals surface area contributed by atoms with Gasteiger partial charge in [0.15, 0.2) is 11.5 Å². The summed E-state index contributed by atoms with van der Waals surface area (Å²) in [4.78, 5) is 20.7. The van der Waals surface area contributed by atoms with E-state index in [1.54, 1.807) is 24.3 Å². The summed E-state index contributed by atoms with van der Waals surface area (Å²) in [5.41, 5.74) is 2.49. The summed E-state index contributed by atoms with van der Waals surface area (Å²) in [6.45, 7) is 0. The van der Waals surface area contributed by atoms with Gasteiger partial charge in [0.05, 0.1) is 5.69 Å². The van der Waals surface area contributed by atoms with E-state index in [1.807, 2.05) is 42.5 Å². The number of H-pyrrole nitrogens is 1. The van der Waals surface area contributed by atoms with Crippen LogP contribution in [0.2, 0.25) is 0 Å². The second kappa shape index (κ2) is 6.80. The van der Waals surface area contributed by atoms with Crippen molar-refractivity contribution in [2.24, 2.45) is 4.99 Å². The third-order valence-corrected chi connectivity index (χ3v) is 4.32. The molecule has 5 heteroatoms. The number of para-hydroxylation sites is 2. The number of aromatic hydroxyl groups is 2. The molecule has 3 aromatic carbocycles. The Bertz CT molecular complexity index is 1210. The van der Waals surface area contributed by atoms with Gasteiger partial charge in [-0.05, 0) is 24.3 Å². The van der Waals surface area contributed by atoms with Crippen molar-refractivity contribution in [3.8, 4) is 22.8 Å². The largest absolute Gasteiger partial charge is 0.504 e. The highest BCUT2D eigenvalue weighted by Crippen LogP contribution is 2.30. The third kappa shape index (κ3) is 3.06. The van der Waals surface area contributed by atoms with Crippen LogP contribution in [0.5, 0.6) is 11.5 Å². The average molecular weight is 356 g/mol. The van der Waals surface area contributed by atoms with Gasteiger partial charge in [-0.25, -0.2) is 4.99 Å². The average Bonchev–Trinajstić information content (AvgIpc) is 2.71. The normalized spacial score (nSPS) is 11.3. The second-order valence-corrected chi connectivity index (χ2v) is 6.06. The van der Waals surface area contributed by atoms with E-state index in [-0.39, 0.29) is 22.6 Å². The van der Waals surface area contributed by atoms with Gasteiger partial charge in [-0.3, -0.25) is 4.79 Å². The van der Waals surface area contributed by atoms with Crippen LogP contribution < -0.4 is 5.43 Å². The number of hydrogen-bond acceptors (Lipinski definition) is 4. The molecule has 0 saturated carbocycles. The van der Waals surface area contributed by atoms with Gasteiger partial charge < -0.3 is 15.2 Å². The van der Waals surface area contributed by atoms with Crippen LogP contribution in [0.15, 0.2) is 82.6 Å². The Morgan fingerprint density at radius 2 is 1.59 bits per heavy atom. The number of nitrogens with zero attached hydrogens (tertiary/aromatic N) is 1. The molecule has 0 spiro atoms. The molecule has 5 nitrogen and oxygen atoms in total. The summed E-state index contributed by atoms with van der Waals surface area (Å²) in [5.74, 6) is -0.519. The standard InChI is InChI=1S/C22H16N2O3/c25-18-12-6-9-15(21(18)26)13-23-20-19(14-7-2-1-3-8-14)24-17-11-5-4-10-16(17)22(20)27/h1-13,25-26H,(H,24,27). The summed E-state index contributed by atoms with van der Waals surface area (Å²) in [6.07, 6.45) is 1.38. The summed E-state index contributed by atoms with van der Waals surface area (Å²) in [6, 6.07) is 21.3. The summed E-state index contributed by atoms with van der Waals surface area (Å²) >= 11 is 0. The summed E-state index contributed by atoms with van der Waals surface area (Å²) in [5, 5.41) is 20.2. The van der Waals surface area contributed by atoms with Gasteiger partial charge in [-0.2, -0.15) is 0 Å². The van der Waals surface area contributed by atoms with Crippen molar-refractivity contribution in [3.63, 3.8) is 0 Å². The summed E-state index contributed by atoms with van der Waals surface area (Å²) in [7, 11) is 0. The predicted molar refractivity (Wildman–Crippen MR) is 107 cm³/mol. The van der Waals surface area contributed by atoms with Crippen molar-refractivity contribution in [3.05, 3.63) is 88.6 Å². The van der Waals surface area contributed by atoms with Crippen LogP contribution in [0, 0.1) is 0 Å². The number of aromatic nitrogens is 1. The van der Waals surface area contributed by atoms with Gasteiger partial charge in [-0.1, -0.05) is 48.5 Å². The molecule has 4 rings (SSSR count). The number of phenolic OH excluding ortho intramolecular Hbond substituents is 2. The zero-order valence-electron chi connectivity index (χ0n) is 14.3. The van der Waals surface area contributed by atoms with E-state index in [9.17, 15) is 15.0 Å². The quantitative estimate of drug-likeness (QED) is 0.377. The Hall–Kier alpha value is -3.86. The number of rotatable bonds is 3. The number of hydrogen-bond donors (Lipinski definition) is 3. The van der Waals surface area contributed by atoms with E-state index in [4.69, 9.17) is 0 Å². The number of nitrogens with one attached hydrogen (secondary N) is 1. The molecule has 0 bridgehead atoms. The fraction of sp³-hybridized carbons (Fsp3) is 0. The van der Waals surface area contributed by atoms with Crippen LogP contribution in [0.4, 0.5) is 5.69 Å². The van der Waals surface area contributed by atoms with Gasteiger partial charge >= 0.3 is 0 Å². The van der Waals surface area contributed by atoms with Crippen LogP contribution in [-0.4, -0.2) is 21.4 Å². The summed E-state index contributed by atoms with van der Waals surface area (Å²) < 4.78 is 0. The number of phenols is 2. The van der Waals surface area contributed by atoms with Gasteiger partial charge in [-0.15, -0.1) is 0 Å². The Morgan fingerprint density at radius 3 is 2.41 bits per heavy atom. The molecule has 0 unspecified atom stereocenters. The lowest BCUT2D eigenvalue weighted by atomic mass is 10.1. The fourth-order valence-corrected chi connectivity index (χ4v) is 2.95. The highest BCUT2D eigenvalue weighted by atomic mass is 16.3. The molecule has 0 saturated heterocycles. The number of aromatic amines is 1. The minimum Gasteiger partial charge on any atom is -0.504 e. The number of benzene rings is 3. The molecule has 132 valence electrons. The van der Waals surface area contributed by atoms with E-state index < -0.39 is 0 Å². The maximum atomic E-state index is 13.1. The minimum atomic E-state index is -0.278. The number of fused-ring (bicyclic) bond motifs is 1. The molecule has 0 fully saturated rings. The van der Waals surface area contributed by atoms with Gasteiger partial charge in [0, 0.05) is 28.2 Å². The Labute approximate surface area is 154 Å². The molecular formula is C22H16N2O3. The molecule has 0 radical (unpaired) electrons. The molecule has 3 N–H and O–H groups in total. The van der Waals surface area contributed by atoms with Gasteiger partial charge in [0.1, 0.15) is 5.69 Å². The molecule has 0 aliphatic rings. The van der Waals surface area contributed by atoms with Crippen LogP contribution in [0.25, 0.3) is 22.2 Å². The minimum absolute atomic E-state index is 0.209.